The highest BCUT2D eigenvalue weighted by Crippen LogP contribution is 2.22. The Balaban J connectivity index is 0.00000341. The maximum atomic E-state index is 12.3. The van der Waals surface area contributed by atoms with Crippen LogP contribution in [0.15, 0.2) is 59.7 Å². The molecule has 0 saturated carbocycles. The third-order valence-corrected chi connectivity index (χ3v) is 6.35. The van der Waals surface area contributed by atoms with Gasteiger partial charge in [-0.2, -0.15) is 0 Å². The highest BCUT2D eigenvalue weighted by Gasteiger charge is 2.07. The molecule has 7 heteroatoms. The molecular weight excluding hydrogens is 519 g/mol. The molecule has 31 heavy (non-hydrogen) atoms. The Hall–Kier alpha value is -1.87. The first-order valence-electron chi connectivity index (χ1n) is 10.7. The molecule has 0 amide bonds. The van der Waals surface area contributed by atoms with E-state index in [0.29, 0.717) is 18.1 Å². The lowest BCUT2D eigenvalue weighted by atomic mass is 10.1. The lowest BCUT2D eigenvalue weighted by molar-refractivity contribution is 0.682. The zero-order valence-electron chi connectivity index (χ0n) is 18.3. The van der Waals surface area contributed by atoms with Crippen LogP contribution in [-0.2, 0) is 29.4 Å². The maximum Gasteiger partial charge on any atom is 0.191 e. The second kappa shape index (κ2) is 13.5. The van der Waals surface area contributed by atoms with Crippen molar-refractivity contribution in [2.75, 3.05) is 25.4 Å². The predicted octanol–water partition coefficient (Wildman–Crippen LogP) is 4.39. The first kappa shape index (κ1) is 25.4. The molecule has 0 bridgehead atoms. The quantitative estimate of drug-likeness (QED) is 0.199. The average Bonchev–Trinajstić information content (AvgIpc) is 3.17. The van der Waals surface area contributed by atoms with Gasteiger partial charge in [-0.15, -0.1) is 24.0 Å². The molecule has 1 unspecified atom stereocenters. The fourth-order valence-corrected chi connectivity index (χ4v) is 4.53. The van der Waals surface area contributed by atoms with Gasteiger partial charge in [0.15, 0.2) is 5.96 Å². The number of hydrogen-bond acceptors (Lipinski definition) is 2. The third-order valence-electron chi connectivity index (χ3n) is 5.06. The van der Waals surface area contributed by atoms with Crippen LogP contribution >= 0.6 is 24.0 Å². The molecule has 0 spiro atoms. The molecule has 168 valence electrons. The Kier molecular flexibility index (Phi) is 11.1. The van der Waals surface area contributed by atoms with E-state index in [0.717, 1.165) is 37.5 Å². The van der Waals surface area contributed by atoms with Gasteiger partial charge in [-0.25, -0.2) is 0 Å². The molecule has 3 N–H and O–H groups in total. The summed E-state index contributed by atoms with van der Waals surface area (Å²) in [7, 11) is -0.907. The van der Waals surface area contributed by atoms with Crippen molar-refractivity contribution in [2.24, 2.45) is 4.99 Å². The topological polar surface area (TPSA) is 69.3 Å². The van der Waals surface area contributed by atoms with Gasteiger partial charge in [0.2, 0.25) is 0 Å². The van der Waals surface area contributed by atoms with Crippen molar-refractivity contribution in [1.82, 2.24) is 15.6 Å². The van der Waals surface area contributed by atoms with Crippen LogP contribution in [0.1, 0.15) is 30.5 Å². The molecule has 0 aliphatic carbocycles. The van der Waals surface area contributed by atoms with Crippen molar-refractivity contribution in [1.29, 1.82) is 0 Å². The fourth-order valence-electron chi connectivity index (χ4n) is 3.53. The van der Waals surface area contributed by atoms with Crippen LogP contribution < -0.4 is 10.6 Å². The minimum Gasteiger partial charge on any atom is -0.361 e. The Bertz CT molecular complexity index is 988. The molecule has 1 aromatic heterocycles. The van der Waals surface area contributed by atoms with E-state index in [2.05, 4.69) is 58.9 Å². The van der Waals surface area contributed by atoms with E-state index < -0.39 is 10.8 Å². The van der Waals surface area contributed by atoms with Crippen molar-refractivity contribution in [3.05, 3.63) is 71.4 Å². The van der Waals surface area contributed by atoms with Crippen LogP contribution in [0.5, 0.6) is 0 Å². The molecule has 3 rings (SSSR count). The van der Waals surface area contributed by atoms with Gasteiger partial charge in [0.05, 0.1) is 6.54 Å². The number of nitrogens with zero attached hydrogens (tertiary/aromatic N) is 1. The summed E-state index contributed by atoms with van der Waals surface area (Å²) in [6.45, 7) is 6.37. The Morgan fingerprint density at radius 3 is 2.58 bits per heavy atom. The summed E-state index contributed by atoms with van der Waals surface area (Å²) in [5.74, 6) is 1.93. The Labute approximate surface area is 205 Å². The molecule has 1 atom stereocenters. The van der Waals surface area contributed by atoms with E-state index in [1.807, 2.05) is 30.3 Å². The monoisotopic (exact) mass is 552 g/mol. The van der Waals surface area contributed by atoms with E-state index in [1.54, 1.807) is 0 Å². The Morgan fingerprint density at radius 1 is 1.03 bits per heavy atom. The van der Waals surface area contributed by atoms with Crippen molar-refractivity contribution < 1.29 is 4.21 Å². The van der Waals surface area contributed by atoms with Gasteiger partial charge in [0, 0.05) is 52.5 Å². The number of aryl methyl sites for hydroxylation is 1. The number of aromatic amines is 1. The van der Waals surface area contributed by atoms with Crippen molar-refractivity contribution in [3.8, 4) is 0 Å². The van der Waals surface area contributed by atoms with Crippen molar-refractivity contribution >= 4 is 51.6 Å². The van der Waals surface area contributed by atoms with E-state index in [1.165, 1.54) is 22.0 Å². The van der Waals surface area contributed by atoms with Crippen LogP contribution in [-0.4, -0.2) is 40.5 Å². The summed E-state index contributed by atoms with van der Waals surface area (Å²) in [5, 5.41) is 7.98. The lowest BCUT2D eigenvalue weighted by Crippen LogP contribution is -2.38. The number of benzene rings is 2. The average molecular weight is 553 g/mol. The number of aliphatic imine (C=N–C) groups is 1. The molecule has 2 aromatic carbocycles. The van der Waals surface area contributed by atoms with E-state index in [-0.39, 0.29) is 24.0 Å². The number of para-hydroxylation sites is 1. The van der Waals surface area contributed by atoms with Gasteiger partial charge in [-0.3, -0.25) is 9.20 Å². The third kappa shape index (κ3) is 7.64. The highest BCUT2D eigenvalue weighted by molar-refractivity contribution is 14.0. The van der Waals surface area contributed by atoms with Gasteiger partial charge in [-0.1, -0.05) is 55.5 Å². The van der Waals surface area contributed by atoms with E-state index in [4.69, 9.17) is 0 Å². The predicted molar refractivity (Wildman–Crippen MR) is 144 cm³/mol. The molecule has 3 aromatic rings. The van der Waals surface area contributed by atoms with Crippen LogP contribution in [0, 0.1) is 0 Å². The summed E-state index contributed by atoms with van der Waals surface area (Å²) in [5.41, 5.74) is 5.02. The minimum absolute atomic E-state index is 0. The summed E-state index contributed by atoms with van der Waals surface area (Å²) < 4.78 is 12.3. The highest BCUT2D eigenvalue weighted by atomic mass is 127. The van der Waals surface area contributed by atoms with Crippen LogP contribution in [0.3, 0.4) is 0 Å². The maximum absolute atomic E-state index is 12.3. The summed E-state index contributed by atoms with van der Waals surface area (Å²) in [4.78, 5) is 8.03. The summed E-state index contributed by atoms with van der Waals surface area (Å²) >= 11 is 0. The first-order chi connectivity index (χ1) is 14.7. The summed E-state index contributed by atoms with van der Waals surface area (Å²) in [6, 6.07) is 16.5. The number of guanidine groups is 1. The second-order valence-corrected chi connectivity index (χ2v) is 8.80. The first-order valence-corrected chi connectivity index (χ1v) is 12.2. The Morgan fingerprint density at radius 2 is 1.84 bits per heavy atom. The number of nitrogens with one attached hydrogen (secondary N) is 3. The van der Waals surface area contributed by atoms with Crippen molar-refractivity contribution in [3.63, 3.8) is 0 Å². The van der Waals surface area contributed by atoms with Crippen LogP contribution in [0.4, 0.5) is 0 Å². The van der Waals surface area contributed by atoms with Crippen LogP contribution in [0.25, 0.3) is 10.9 Å². The minimum atomic E-state index is -0.907. The standard InChI is InChI=1S/C24H32N4OS.HI/c1-3-20-11-8-12-22-21(17-28-23(20)22)13-14-26-24(25-4-2)27-15-16-30(29)18-19-9-6-5-7-10-19;/h5-12,17,28H,3-4,13-16,18H2,1-2H3,(H2,25,26,27);1H. The number of aromatic nitrogens is 1. The molecular formula is C24H33IN4OS. The number of halogens is 1. The molecule has 0 aliphatic heterocycles. The lowest BCUT2D eigenvalue weighted by Gasteiger charge is -2.11. The number of hydrogen-bond donors (Lipinski definition) is 3. The molecule has 1 heterocycles. The number of fused-ring (bicyclic) bond motifs is 1. The smallest absolute Gasteiger partial charge is 0.191 e. The fraction of sp³-hybridized carbons (Fsp3) is 0.375. The second-order valence-electron chi connectivity index (χ2n) is 7.22. The number of H-pyrrole nitrogens is 1. The van der Waals surface area contributed by atoms with Gasteiger partial charge in [0.25, 0.3) is 0 Å². The SMILES string of the molecule is CCNC(=NCCS(=O)Cc1ccccc1)NCCc1c[nH]c2c(CC)cccc12.I. The molecule has 0 aliphatic rings. The molecule has 0 radical (unpaired) electrons. The van der Waals surface area contributed by atoms with E-state index in [9.17, 15) is 4.21 Å². The van der Waals surface area contributed by atoms with Gasteiger partial charge < -0.3 is 15.6 Å². The van der Waals surface area contributed by atoms with Gasteiger partial charge in [0.1, 0.15) is 0 Å². The largest absolute Gasteiger partial charge is 0.361 e. The number of rotatable bonds is 10. The normalized spacial score (nSPS) is 12.4. The van der Waals surface area contributed by atoms with Gasteiger partial charge in [-0.05, 0) is 36.5 Å². The summed E-state index contributed by atoms with van der Waals surface area (Å²) in [6.07, 6.45) is 4.05. The van der Waals surface area contributed by atoms with Crippen molar-refractivity contribution in [2.45, 2.75) is 32.4 Å². The van der Waals surface area contributed by atoms with Gasteiger partial charge >= 0.3 is 0 Å². The zero-order chi connectivity index (χ0) is 21.2. The molecule has 0 fully saturated rings. The molecule has 0 saturated heterocycles. The van der Waals surface area contributed by atoms with Crippen LogP contribution in [0.2, 0.25) is 0 Å². The van der Waals surface area contributed by atoms with E-state index >= 15 is 0 Å². The zero-order valence-corrected chi connectivity index (χ0v) is 21.5. The molecule has 5 nitrogen and oxygen atoms in total.